The highest BCUT2D eigenvalue weighted by Crippen LogP contribution is 2.14. The zero-order valence-electron chi connectivity index (χ0n) is 11.7. The Kier molecular flexibility index (Phi) is 6.56. The molecule has 3 heteroatoms. The van der Waals surface area contributed by atoms with E-state index < -0.39 is 0 Å². The zero-order valence-corrected chi connectivity index (χ0v) is 11.7. The largest absolute Gasteiger partial charge is 0.341 e. The monoisotopic (exact) mass is 240 g/mol. The SMILES string of the molecule is CCC(CC)CN(CC)C(=O)[C@H]1CCCCN1. The molecule has 0 bridgehead atoms. The van der Waals surface area contributed by atoms with Crippen LogP contribution in [-0.2, 0) is 4.79 Å². The van der Waals surface area contributed by atoms with Crippen LogP contribution in [0.25, 0.3) is 0 Å². The lowest BCUT2D eigenvalue weighted by Gasteiger charge is -2.31. The van der Waals surface area contributed by atoms with E-state index in [0.717, 1.165) is 26.1 Å². The number of hydrogen-bond donors (Lipinski definition) is 1. The highest BCUT2D eigenvalue weighted by atomic mass is 16.2. The summed E-state index contributed by atoms with van der Waals surface area (Å²) in [6, 6.07) is 0.0815. The summed E-state index contributed by atoms with van der Waals surface area (Å²) in [4.78, 5) is 14.4. The molecule has 1 rings (SSSR count). The maximum atomic E-state index is 12.4. The molecule has 0 spiro atoms. The summed E-state index contributed by atoms with van der Waals surface area (Å²) < 4.78 is 0. The number of amides is 1. The second kappa shape index (κ2) is 7.70. The maximum Gasteiger partial charge on any atom is 0.239 e. The van der Waals surface area contributed by atoms with Crippen molar-refractivity contribution in [2.45, 2.75) is 58.9 Å². The second-order valence-electron chi connectivity index (χ2n) is 5.06. The molecule has 1 aliphatic rings. The number of rotatable bonds is 6. The number of carbonyl (C=O) groups excluding carboxylic acids is 1. The van der Waals surface area contributed by atoms with Gasteiger partial charge in [-0.2, -0.15) is 0 Å². The normalized spacial score (nSPS) is 20.6. The fourth-order valence-corrected chi connectivity index (χ4v) is 2.52. The van der Waals surface area contributed by atoms with Crippen molar-refractivity contribution in [3.8, 4) is 0 Å². The van der Waals surface area contributed by atoms with Crippen LogP contribution in [0, 0.1) is 5.92 Å². The third-order valence-electron chi connectivity index (χ3n) is 3.94. The molecule has 1 N–H and O–H groups in total. The van der Waals surface area contributed by atoms with Gasteiger partial charge in [-0.25, -0.2) is 0 Å². The topological polar surface area (TPSA) is 32.3 Å². The third kappa shape index (κ3) is 4.30. The maximum absolute atomic E-state index is 12.4. The highest BCUT2D eigenvalue weighted by Gasteiger charge is 2.25. The molecular formula is C14H28N2O. The van der Waals surface area contributed by atoms with E-state index in [4.69, 9.17) is 0 Å². The van der Waals surface area contributed by atoms with Crippen molar-refractivity contribution in [1.29, 1.82) is 0 Å². The van der Waals surface area contributed by atoms with Gasteiger partial charge in [0.2, 0.25) is 5.91 Å². The van der Waals surface area contributed by atoms with Crippen molar-refractivity contribution in [2.75, 3.05) is 19.6 Å². The van der Waals surface area contributed by atoms with Gasteiger partial charge in [-0.1, -0.05) is 33.1 Å². The molecule has 0 aromatic rings. The van der Waals surface area contributed by atoms with E-state index in [1.807, 2.05) is 4.90 Å². The standard InChI is InChI=1S/C14H28N2O/c1-4-12(5-2)11-16(6-3)14(17)13-9-7-8-10-15-13/h12-13,15H,4-11H2,1-3H3/t13-/m1/s1. The van der Waals surface area contributed by atoms with Crippen LogP contribution in [0.2, 0.25) is 0 Å². The molecule has 17 heavy (non-hydrogen) atoms. The number of piperidine rings is 1. The van der Waals surface area contributed by atoms with Crippen molar-refractivity contribution in [3.05, 3.63) is 0 Å². The zero-order chi connectivity index (χ0) is 12.7. The van der Waals surface area contributed by atoms with E-state index in [2.05, 4.69) is 26.1 Å². The Morgan fingerprint density at radius 3 is 2.47 bits per heavy atom. The van der Waals surface area contributed by atoms with Gasteiger partial charge in [0.1, 0.15) is 0 Å². The molecule has 1 fully saturated rings. The summed E-state index contributed by atoms with van der Waals surface area (Å²) in [5, 5.41) is 3.35. The van der Waals surface area contributed by atoms with Gasteiger partial charge in [-0.05, 0) is 32.2 Å². The molecule has 0 aromatic carbocycles. The van der Waals surface area contributed by atoms with E-state index in [1.54, 1.807) is 0 Å². The fraction of sp³-hybridized carbons (Fsp3) is 0.929. The smallest absolute Gasteiger partial charge is 0.239 e. The quantitative estimate of drug-likeness (QED) is 0.773. The van der Waals surface area contributed by atoms with E-state index in [9.17, 15) is 4.79 Å². The van der Waals surface area contributed by atoms with Crippen LogP contribution in [-0.4, -0.2) is 36.5 Å². The minimum Gasteiger partial charge on any atom is -0.341 e. The first-order chi connectivity index (χ1) is 8.22. The van der Waals surface area contributed by atoms with Gasteiger partial charge in [0.25, 0.3) is 0 Å². The molecule has 1 saturated heterocycles. The average molecular weight is 240 g/mol. The summed E-state index contributed by atoms with van der Waals surface area (Å²) in [7, 11) is 0. The first-order valence-corrected chi connectivity index (χ1v) is 7.25. The molecule has 100 valence electrons. The van der Waals surface area contributed by atoms with Gasteiger partial charge in [0, 0.05) is 13.1 Å². The summed E-state index contributed by atoms with van der Waals surface area (Å²) in [6.07, 6.45) is 5.74. The van der Waals surface area contributed by atoms with Crippen LogP contribution in [0.1, 0.15) is 52.9 Å². The number of hydrogen-bond acceptors (Lipinski definition) is 2. The molecule has 3 nitrogen and oxygen atoms in total. The number of nitrogens with one attached hydrogen (secondary N) is 1. The van der Waals surface area contributed by atoms with Crippen LogP contribution >= 0.6 is 0 Å². The van der Waals surface area contributed by atoms with Gasteiger partial charge in [-0.3, -0.25) is 4.79 Å². The lowest BCUT2D eigenvalue weighted by molar-refractivity contribution is -0.134. The van der Waals surface area contributed by atoms with E-state index in [1.165, 1.54) is 25.7 Å². The molecule has 0 saturated carbocycles. The first-order valence-electron chi connectivity index (χ1n) is 7.25. The van der Waals surface area contributed by atoms with Gasteiger partial charge in [-0.15, -0.1) is 0 Å². The number of carbonyl (C=O) groups is 1. The van der Waals surface area contributed by atoms with Crippen LogP contribution in [0.15, 0.2) is 0 Å². The first kappa shape index (κ1) is 14.5. The summed E-state index contributed by atoms with van der Waals surface area (Å²) in [5.74, 6) is 0.974. The molecule has 1 aliphatic heterocycles. The molecule has 1 amide bonds. The van der Waals surface area contributed by atoms with Crippen LogP contribution in [0.4, 0.5) is 0 Å². The van der Waals surface area contributed by atoms with Crippen molar-refractivity contribution >= 4 is 5.91 Å². The Hall–Kier alpha value is -0.570. The van der Waals surface area contributed by atoms with Gasteiger partial charge in [0.05, 0.1) is 6.04 Å². The molecular weight excluding hydrogens is 212 g/mol. The van der Waals surface area contributed by atoms with Crippen molar-refractivity contribution in [3.63, 3.8) is 0 Å². The van der Waals surface area contributed by atoms with Gasteiger partial charge in [0.15, 0.2) is 0 Å². The molecule has 1 heterocycles. The lowest BCUT2D eigenvalue weighted by atomic mass is 10.0. The molecule has 0 aromatic heterocycles. The van der Waals surface area contributed by atoms with E-state index >= 15 is 0 Å². The average Bonchev–Trinajstić information content (AvgIpc) is 2.40. The minimum absolute atomic E-state index is 0.0815. The molecule has 0 unspecified atom stereocenters. The van der Waals surface area contributed by atoms with Crippen molar-refractivity contribution in [2.24, 2.45) is 5.92 Å². The molecule has 1 atom stereocenters. The third-order valence-corrected chi connectivity index (χ3v) is 3.94. The predicted octanol–water partition coefficient (Wildman–Crippen LogP) is 2.41. The lowest BCUT2D eigenvalue weighted by Crippen LogP contribution is -2.49. The summed E-state index contributed by atoms with van der Waals surface area (Å²) in [6.45, 7) is 9.28. The number of likely N-dealkylation sites (N-methyl/N-ethyl adjacent to an activating group) is 1. The summed E-state index contributed by atoms with van der Waals surface area (Å²) >= 11 is 0. The Morgan fingerprint density at radius 2 is 2.00 bits per heavy atom. The van der Waals surface area contributed by atoms with Crippen molar-refractivity contribution in [1.82, 2.24) is 10.2 Å². The van der Waals surface area contributed by atoms with Crippen LogP contribution < -0.4 is 5.32 Å². The second-order valence-corrected chi connectivity index (χ2v) is 5.06. The van der Waals surface area contributed by atoms with E-state index in [0.29, 0.717) is 11.8 Å². The fourth-order valence-electron chi connectivity index (χ4n) is 2.52. The van der Waals surface area contributed by atoms with Crippen LogP contribution in [0.5, 0.6) is 0 Å². The Balaban J connectivity index is 2.50. The number of nitrogens with zero attached hydrogens (tertiary/aromatic N) is 1. The minimum atomic E-state index is 0.0815. The Labute approximate surface area is 106 Å². The summed E-state index contributed by atoms with van der Waals surface area (Å²) in [5.41, 5.74) is 0. The Bertz CT molecular complexity index is 220. The van der Waals surface area contributed by atoms with Crippen molar-refractivity contribution < 1.29 is 4.79 Å². The van der Waals surface area contributed by atoms with Crippen LogP contribution in [0.3, 0.4) is 0 Å². The molecule has 0 radical (unpaired) electrons. The predicted molar refractivity (Wildman–Crippen MR) is 72.0 cm³/mol. The molecule has 0 aliphatic carbocycles. The van der Waals surface area contributed by atoms with E-state index in [-0.39, 0.29) is 6.04 Å². The van der Waals surface area contributed by atoms with Gasteiger partial charge >= 0.3 is 0 Å². The highest BCUT2D eigenvalue weighted by molar-refractivity contribution is 5.82. The van der Waals surface area contributed by atoms with Gasteiger partial charge < -0.3 is 10.2 Å². The Morgan fingerprint density at radius 1 is 1.29 bits per heavy atom.